The smallest absolute Gasteiger partial charge is 0.275 e. The van der Waals surface area contributed by atoms with Crippen molar-refractivity contribution in [3.8, 4) is 0 Å². The van der Waals surface area contributed by atoms with Gasteiger partial charge in [0.25, 0.3) is 5.91 Å². The van der Waals surface area contributed by atoms with Gasteiger partial charge in [-0.25, -0.2) is 9.97 Å². The van der Waals surface area contributed by atoms with Gasteiger partial charge in [-0.3, -0.25) is 4.79 Å². The van der Waals surface area contributed by atoms with Gasteiger partial charge in [0, 0.05) is 11.1 Å². The molecule has 0 saturated carbocycles. The third-order valence-electron chi connectivity index (χ3n) is 2.73. The van der Waals surface area contributed by atoms with E-state index in [2.05, 4.69) is 15.3 Å². The van der Waals surface area contributed by atoms with Crippen LogP contribution in [-0.2, 0) is 0 Å². The molecule has 0 radical (unpaired) electrons. The van der Waals surface area contributed by atoms with Crippen LogP contribution in [0.5, 0.6) is 0 Å². The number of thiazole rings is 2. The van der Waals surface area contributed by atoms with Gasteiger partial charge in [-0.1, -0.05) is 0 Å². The molecule has 0 aliphatic carbocycles. The highest BCUT2D eigenvalue weighted by Gasteiger charge is 2.13. The van der Waals surface area contributed by atoms with E-state index in [4.69, 9.17) is 5.73 Å². The fourth-order valence-corrected chi connectivity index (χ4v) is 3.20. The van der Waals surface area contributed by atoms with E-state index in [9.17, 15) is 4.79 Å². The molecule has 102 valence electrons. The summed E-state index contributed by atoms with van der Waals surface area (Å²) >= 11 is 2.94. The number of carbonyl (C=O) groups is 1. The third kappa shape index (κ3) is 2.55. The predicted octanol–water partition coefficient (Wildman–Crippen LogP) is 3.02. The van der Waals surface area contributed by atoms with Crippen LogP contribution in [0.4, 0.5) is 5.69 Å². The molecule has 0 aliphatic rings. The minimum absolute atomic E-state index is 0.157. The Balaban J connectivity index is 1.80. The second kappa shape index (κ2) is 5.28. The lowest BCUT2D eigenvalue weighted by molar-refractivity contribution is 0.102. The molecular weight excluding hydrogens is 292 g/mol. The number of nitrogens with two attached hydrogens (primary N) is 1. The predicted molar refractivity (Wildman–Crippen MR) is 82.3 cm³/mol. The number of hydrogen-bond donors (Lipinski definition) is 2. The number of hydrogen-bond acceptors (Lipinski definition) is 6. The highest BCUT2D eigenvalue weighted by Crippen LogP contribution is 2.22. The Labute approximate surface area is 123 Å². The van der Waals surface area contributed by atoms with Gasteiger partial charge < -0.3 is 11.1 Å². The molecule has 3 rings (SSSR count). The highest BCUT2D eigenvalue weighted by molar-refractivity contribution is 7.16. The molecule has 3 N–H and O–H groups in total. The Bertz CT molecular complexity index is 762. The van der Waals surface area contributed by atoms with Gasteiger partial charge in [0.1, 0.15) is 10.7 Å². The molecule has 3 aromatic rings. The molecule has 20 heavy (non-hydrogen) atoms. The van der Waals surface area contributed by atoms with Crippen molar-refractivity contribution < 1.29 is 4.79 Å². The maximum Gasteiger partial charge on any atom is 0.275 e. The van der Waals surface area contributed by atoms with Gasteiger partial charge in [0.05, 0.1) is 21.8 Å². The van der Waals surface area contributed by atoms with Crippen LogP contribution >= 0.6 is 22.7 Å². The molecule has 0 aliphatic heterocycles. The van der Waals surface area contributed by atoms with Crippen molar-refractivity contribution in [2.45, 2.75) is 13.0 Å². The molecule has 1 atom stereocenters. The lowest BCUT2D eigenvalue weighted by atomic mass is 10.3. The molecule has 7 heteroatoms. The molecule has 0 bridgehead atoms. The standard InChI is InChI=1S/C13H12N4OS2/c1-7(14)13-17-10(5-19-13)12(18)16-8-2-3-9-11(4-8)20-6-15-9/h2-7H,14H2,1H3,(H,16,18). The van der Waals surface area contributed by atoms with Crippen LogP contribution in [0.25, 0.3) is 10.2 Å². The first-order valence-corrected chi connectivity index (χ1v) is 7.75. The Kier molecular flexibility index (Phi) is 3.47. The van der Waals surface area contributed by atoms with Gasteiger partial charge in [-0.15, -0.1) is 22.7 Å². The lowest BCUT2D eigenvalue weighted by Gasteiger charge is -2.03. The monoisotopic (exact) mass is 304 g/mol. The molecule has 0 fully saturated rings. The number of amides is 1. The second-order valence-corrected chi connectivity index (χ2v) is 6.12. The van der Waals surface area contributed by atoms with Crippen LogP contribution in [0.15, 0.2) is 29.1 Å². The Morgan fingerprint density at radius 1 is 1.40 bits per heavy atom. The van der Waals surface area contributed by atoms with Crippen molar-refractivity contribution in [3.63, 3.8) is 0 Å². The summed E-state index contributed by atoms with van der Waals surface area (Å²) in [6, 6.07) is 5.47. The summed E-state index contributed by atoms with van der Waals surface area (Å²) < 4.78 is 1.04. The van der Waals surface area contributed by atoms with Crippen molar-refractivity contribution in [2.75, 3.05) is 5.32 Å². The first-order valence-electron chi connectivity index (χ1n) is 5.99. The van der Waals surface area contributed by atoms with Crippen LogP contribution < -0.4 is 11.1 Å². The van der Waals surface area contributed by atoms with Crippen LogP contribution in [0.3, 0.4) is 0 Å². The highest BCUT2D eigenvalue weighted by atomic mass is 32.1. The summed E-state index contributed by atoms with van der Waals surface area (Å²) in [5.41, 5.74) is 9.59. The fraction of sp³-hybridized carbons (Fsp3) is 0.154. The van der Waals surface area contributed by atoms with Crippen molar-refractivity contribution in [3.05, 3.63) is 39.8 Å². The van der Waals surface area contributed by atoms with Gasteiger partial charge in [-0.2, -0.15) is 0 Å². The van der Waals surface area contributed by atoms with E-state index in [0.717, 1.165) is 20.9 Å². The van der Waals surface area contributed by atoms with Crippen molar-refractivity contribution in [1.29, 1.82) is 0 Å². The molecule has 0 saturated heterocycles. The Morgan fingerprint density at radius 3 is 3.00 bits per heavy atom. The molecule has 2 aromatic heterocycles. The number of nitrogens with zero attached hydrogens (tertiary/aromatic N) is 2. The molecule has 0 spiro atoms. The van der Waals surface area contributed by atoms with Gasteiger partial charge in [0.15, 0.2) is 0 Å². The van der Waals surface area contributed by atoms with E-state index in [0.29, 0.717) is 5.69 Å². The molecular formula is C13H12N4OS2. The summed E-state index contributed by atoms with van der Waals surface area (Å²) in [6.07, 6.45) is 0. The fourth-order valence-electron chi connectivity index (χ4n) is 1.73. The lowest BCUT2D eigenvalue weighted by Crippen LogP contribution is -2.13. The minimum atomic E-state index is -0.225. The van der Waals surface area contributed by atoms with E-state index in [1.165, 1.54) is 22.7 Å². The van der Waals surface area contributed by atoms with Crippen molar-refractivity contribution in [2.24, 2.45) is 5.73 Å². The minimum Gasteiger partial charge on any atom is -0.322 e. The average Bonchev–Trinajstić information content (AvgIpc) is 3.07. The normalized spacial score (nSPS) is 12.5. The van der Waals surface area contributed by atoms with Crippen LogP contribution in [0, 0.1) is 0 Å². The summed E-state index contributed by atoms with van der Waals surface area (Å²) in [6.45, 7) is 1.85. The number of fused-ring (bicyclic) bond motifs is 1. The second-order valence-electron chi connectivity index (χ2n) is 4.35. The molecule has 1 amide bonds. The van der Waals surface area contributed by atoms with E-state index in [-0.39, 0.29) is 11.9 Å². The van der Waals surface area contributed by atoms with E-state index >= 15 is 0 Å². The molecule has 1 aromatic carbocycles. The SMILES string of the molecule is CC(N)c1nc(C(=O)Nc2ccc3ncsc3c2)cs1. The number of aromatic nitrogens is 2. The Hall–Kier alpha value is -1.83. The third-order valence-corrected chi connectivity index (χ3v) is 4.57. The van der Waals surface area contributed by atoms with Crippen molar-refractivity contribution >= 4 is 44.5 Å². The van der Waals surface area contributed by atoms with Crippen molar-refractivity contribution in [1.82, 2.24) is 9.97 Å². The zero-order valence-corrected chi connectivity index (χ0v) is 12.3. The summed E-state index contributed by atoms with van der Waals surface area (Å²) in [5.74, 6) is -0.225. The van der Waals surface area contributed by atoms with E-state index in [1.807, 2.05) is 25.1 Å². The maximum atomic E-state index is 12.1. The topological polar surface area (TPSA) is 80.9 Å². The largest absolute Gasteiger partial charge is 0.322 e. The number of nitrogens with one attached hydrogen (secondary N) is 1. The Morgan fingerprint density at radius 2 is 2.25 bits per heavy atom. The summed E-state index contributed by atoms with van der Waals surface area (Å²) in [7, 11) is 0. The molecule has 2 heterocycles. The van der Waals surface area contributed by atoms with Gasteiger partial charge >= 0.3 is 0 Å². The van der Waals surface area contributed by atoms with Crippen LogP contribution in [0.1, 0.15) is 28.5 Å². The first kappa shape index (κ1) is 13.2. The number of rotatable bonds is 3. The maximum absolute atomic E-state index is 12.1. The number of carbonyl (C=O) groups excluding carboxylic acids is 1. The van der Waals surface area contributed by atoms with E-state index in [1.54, 1.807) is 10.9 Å². The summed E-state index contributed by atoms with van der Waals surface area (Å²) in [5, 5.41) is 5.31. The van der Waals surface area contributed by atoms with Crippen LogP contribution in [0.2, 0.25) is 0 Å². The number of anilines is 1. The quantitative estimate of drug-likeness (QED) is 0.779. The first-order chi connectivity index (χ1) is 9.63. The van der Waals surface area contributed by atoms with Crippen LogP contribution in [-0.4, -0.2) is 15.9 Å². The zero-order valence-electron chi connectivity index (χ0n) is 10.7. The molecule has 5 nitrogen and oxygen atoms in total. The van der Waals surface area contributed by atoms with E-state index < -0.39 is 0 Å². The van der Waals surface area contributed by atoms with Gasteiger partial charge in [0.2, 0.25) is 0 Å². The average molecular weight is 304 g/mol. The van der Waals surface area contributed by atoms with Gasteiger partial charge in [-0.05, 0) is 25.1 Å². The zero-order chi connectivity index (χ0) is 14.1. The molecule has 1 unspecified atom stereocenters. The summed E-state index contributed by atoms with van der Waals surface area (Å²) in [4.78, 5) is 20.5. The number of benzene rings is 1.